The second-order valence-corrected chi connectivity index (χ2v) is 8.34. The number of carbonyl (C=O) groups is 1. The summed E-state index contributed by atoms with van der Waals surface area (Å²) in [5.41, 5.74) is 2.72. The minimum atomic E-state index is -0.00443. The summed E-state index contributed by atoms with van der Waals surface area (Å²) in [4.78, 5) is 16.9. The highest BCUT2D eigenvalue weighted by Gasteiger charge is 2.11. The first-order valence-electron chi connectivity index (χ1n) is 8.61. The molecule has 0 atom stereocenters. The Morgan fingerprint density at radius 3 is 2.67 bits per heavy atom. The van der Waals surface area contributed by atoms with Crippen molar-refractivity contribution < 1.29 is 14.3 Å². The maximum absolute atomic E-state index is 12.3. The monoisotopic (exact) mass is 402 g/mol. The van der Waals surface area contributed by atoms with Gasteiger partial charge in [-0.1, -0.05) is 23.9 Å². The molecule has 1 aromatic heterocycles. The van der Waals surface area contributed by atoms with Crippen molar-refractivity contribution in [1.29, 1.82) is 0 Å². The number of methoxy groups -OCH3 is 2. The van der Waals surface area contributed by atoms with E-state index in [-0.39, 0.29) is 5.91 Å². The molecule has 3 aromatic rings. The van der Waals surface area contributed by atoms with Crippen molar-refractivity contribution in [2.75, 3.05) is 25.3 Å². The summed E-state index contributed by atoms with van der Waals surface area (Å²) in [5.74, 6) is 2.11. The molecule has 27 heavy (non-hydrogen) atoms. The quantitative estimate of drug-likeness (QED) is 0.418. The SMILES string of the molecule is COc1cc(C)c(NC(=O)CCCSc2nc3ccccc3s2)cc1OC. The van der Waals surface area contributed by atoms with Crippen LogP contribution < -0.4 is 14.8 Å². The standard InChI is InChI=1S/C20H22N2O3S2/c1-13-11-16(24-2)17(25-3)12-15(13)21-19(23)9-6-10-26-20-22-14-7-4-5-8-18(14)27-20/h4-5,7-8,11-12H,6,9-10H2,1-3H3,(H,21,23). The molecule has 7 heteroatoms. The zero-order valence-corrected chi connectivity index (χ0v) is 17.2. The van der Waals surface area contributed by atoms with Gasteiger partial charge in [0.25, 0.3) is 0 Å². The van der Waals surface area contributed by atoms with Crippen LogP contribution in [0, 0.1) is 6.92 Å². The molecule has 2 aromatic carbocycles. The number of ether oxygens (including phenoxy) is 2. The third kappa shape index (κ3) is 4.93. The van der Waals surface area contributed by atoms with E-state index in [2.05, 4.69) is 16.4 Å². The van der Waals surface area contributed by atoms with Gasteiger partial charge in [-0.25, -0.2) is 4.98 Å². The number of benzene rings is 2. The highest BCUT2D eigenvalue weighted by Crippen LogP contribution is 2.33. The predicted molar refractivity (Wildman–Crippen MR) is 112 cm³/mol. The van der Waals surface area contributed by atoms with E-state index in [9.17, 15) is 4.79 Å². The van der Waals surface area contributed by atoms with Crippen LogP contribution in [-0.2, 0) is 4.79 Å². The van der Waals surface area contributed by atoms with Crippen LogP contribution in [0.3, 0.4) is 0 Å². The summed E-state index contributed by atoms with van der Waals surface area (Å²) < 4.78 is 12.8. The number of hydrogen-bond acceptors (Lipinski definition) is 6. The van der Waals surface area contributed by atoms with Gasteiger partial charge in [-0.15, -0.1) is 11.3 Å². The third-order valence-electron chi connectivity index (χ3n) is 4.05. The Morgan fingerprint density at radius 2 is 1.93 bits per heavy atom. The van der Waals surface area contributed by atoms with Crippen LogP contribution in [0.25, 0.3) is 10.2 Å². The molecule has 1 N–H and O–H groups in total. The highest BCUT2D eigenvalue weighted by atomic mass is 32.2. The van der Waals surface area contributed by atoms with E-state index >= 15 is 0 Å². The number of fused-ring (bicyclic) bond motifs is 1. The number of para-hydroxylation sites is 1. The van der Waals surface area contributed by atoms with Gasteiger partial charge >= 0.3 is 0 Å². The fourth-order valence-electron chi connectivity index (χ4n) is 2.63. The van der Waals surface area contributed by atoms with Gasteiger partial charge < -0.3 is 14.8 Å². The minimum Gasteiger partial charge on any atom is -0.493 e. The normalized spacial score (nSPS) is 10.8. The molecule has 142 valence electrons. The first-order valence-corrected chi connectivity index (χ1v) is 10.4. The van der Waals surface area contributed by atoms with Gasteiger partial charge in [0, 0.05) is 23.9 Å². The van der Waals surface area contributed by atoms with Gasteiger partial charge in [-0.3, -0.25) is 4.79 Å². The summed E-state index contributed by atoms with van der Waals surface area (Å²) in [6.45, 7) is 1.93. The maximum atomic E-state index is 12.3. The Labute approximate surface area is 167 Å². The van der Waals surface area contributed by atoms with Gasteiger partial charge in [0.1, 0.15) is 0 Å². The lowest BCUT2D eigenvalue weighted by molar-refractivity contribution is -0.116. The van der Waals surface area contributed by atoms with Gasteiger partial charge in [0.2, 0.25) is 5.91 Å². The highest BCUT2D eigenvalue weighted by molar-refractivity contribution is 8.01. The Balaban J connectivity index is 1.49. The van der Waals surface area contributed by atoms with E-state index in [0.29, 0.717) is 17.9 Å². The van der Waals surface area contributed by atoms with Crippen molar-refractivity contribution >= 4 is 44.9 Å². The lowest BCUT2D eigenvalue weighted by atomic mass is 10.1. The Hall–Kier alpha value is -2.25. The van der Waals surface area contributed by atoms with E-state index in [1.807, 2.05) is 31.2 Å². The molecular weight excluding hydrogens is 380 g/mol. The van der Waals surface area contributed by atoms with Crippen molar-refractivity contribution in [1.82, 2.24) is 4.98 Å². The number of hydrogen-bond donors (Lipinski definition) is 1. The van der Waals surface area contributed by atoms with Crippen LogP contribution in [0.1, 0.15) is 18.4 Å². The molecule has 1 amide bonds. The number of thiazole rings is 1. The fraction of sp³-hybridized carbons (Fsp3) is 0.300. The first kappa shape index (κ1) is 19.5. The molecule has 0 bridgehead atoms. The Morgan fingerprint density at radius 1 is 1.19 bits per heavy atom. The number of nitrogens with zero attached hydrogens (tertiary/aromatic N) is 1. The van der Waals surface area contributed by atoms with Crippen LogP contribution in [0.5, 0.6) is 11.5 Å². The minimum absolute atomic E-state index is 0.00443. The summed E-state index contributed by atoms with van der Waals surface area (Å²) >= 11 is 3.39. The molecule has 0 aliphatic carbocycles. The average Bonchev–Trinajstić information content (AvgIpc) is 3.09. The van der Waals surface area contributed by atoms with Crippen LogP contribution in [0.2, 0.25) is 0 Å². The molecule has 0 unspecified atom stereocenters. The van der Waals surface area contributed by atoms with Gasteiger partial charge in [-0.05, 0) is 37.1 Å². The predicted octanol–water partition coefficient (Wildman–Crippen LogP) is 5.13. The molecule has 0 aliphatic heterocycles. The summed E-state index contributed by atoms with van der Waals surface area (Å²) in [5, 5.41) is 2.96. The van der Waals surface area contributed by atoms with Crippen molar-refractivity contribution in [3.05, 3.63) is 42.0 Å². The van der Waals surface area contributed by atoms with E-state index in [1.165, 1.54) is 4.70 Å². The summed E-state index contributed by atoms with van der Waals surface area (Å²) in [7, 11) is 3.18. The number of rotatable bonds is 8. The van der Waals surface area contributed by atoms with E-state index in [4.69, 9.17) is 9.47 Å². The average molecular weight is 403 g/mol. The zero-order chi connectivity index (χ0) is 19.2. The lowest BCUT2D eigenvalue weighted by Gasteiger charge is -2.13. The molecule has 0 saturated heterocycles. The molecule has 3 rings (SSSR count). The number of aromatic nitrogens is 1. The van der Waals surface area contributed by atoms with Crippen molar-refractivity contribution in [3.8, 4) is 11.5 Å². The summed E-state index contributed by atoms with van der Waals surface area (Å²) in [6.07, 6.45) is 1.25. The fourth-order valence-corrected chi connectivity index (χ4v) is 4.71. The Kier molecular flexibility index (Phi) is 6.58. The number of carbonyl (C=O) groups excluding carboxylic acids is 1. The number of nitrogens with one attached hydrogen (secondary N) is 1. The summed E-state index contributed by atoms with van der Waals surface area (Å²) in [6, 6.07) is 11.8. The number of anilines is 1. The topological polar surface area (TPSA) is 60.5 Å². The molecule has 0 spiro atoms. The molecule has 5 nitrogen and oxygen atoms in total. The van der Waals surface area contributed by atoms with E-state index < -0.39 is 0 Å². The van der Waals surface area contributed by atoms with E-state index in [0.717, 1.165) is 33.3 Å². The number of aryl methyl sites for hydroxylation is 1. The largest absolute Gasteiger partial charge is 0.493 e. The molecule has 0 aliphatic rings. The number of amides is 1. The second-order valence-electron chi connectivity index (χ2n) is 5.97. The molecule has 0 fully saturated rings. The Bertz CT molecular complexity index is 907. The van der Waals surface area contributed by atoms with Gasteiger partial charge in [-0.2, -0.15) is 0 Å². The lowest BCUT2D eigenvalue weighted by Crippen LogP contribution is -2.12. The van der Waals surface area contributed by atoms with Crippen LogP contribution in [0.15, 0.2) is 40.7 Å². The smallest absolute Gasteiger partial charge is 0.224 e. The van der Waals surface area contributed by atoms with Crippen molar-refractivity contribution in [2.45, 2.75) is 24.1 Å². The van der Waals surface area contributed by atoms with Crippen LogP contribution in [0.4, 0.5) is 5.69 Å². The maximum Gasteiger partial charge on any atom is 0.224 e. The second kappa shape index (κ2) is 9.10. The molecular formula is C20H22N2O3S2. The third-order valence-corrected chi connectivity index (χ3v) is 6.32. The zero-order valence-electron chi connectivity index (χ0n) is 15.6. The van der Waals surface area contributed by atoms with Crippen molar-refractivity contribution in [3.63, 3.8) is 0 Å². The van der Waals surface area contributed by atoms with Gasteiger partial charge in [0.15, 0.2) is 15.8 Å². The van der Waals surface area contributed by atoms with Gasteiger partial charge in [0.05, 0.1) is 24.4 Å². The first-order chi connectivity index (χ1) is 13.1. The van der Waals surface area contributed by atoms with Crippen LogP contribution in [-0.4, -0.2) is 30.9 Å². The van der Waals surface area contributed by atoms with Crippen molar-refractivity contribution in [2.24, 2.45) is 0 Å². The molecule has 0 radical (unpaired) electrons. The number of thioether (sulfide) groups is 1. The van der Waals surface area contributed by atoms with Crippen LogP contribution >= 0.6 is 23.1 Å². The molecule has 0 saturated carbocycles. The van der Waals surface area contributed by atoms with E-state index in [1.54, 1.807) is 43.4 Å². The molecule has 1 heterocycles.